The van der Waals surface area contributed by atoms with Crippen LogP contribution < -0.4 is 4.72 Å². The smallest absolute Gasteiger partial charge is 0.326 e. The fraction of sp³-hybridized carbons (Fsp3) is 0.500. The van der Waals surface area contributed by atoms with Gasteiger partial charge < -0.3 is 10.0 Å². The molecule has 1 aliphatic rings. The van der Waals surface area contributed by atoms with Gasteiger partial charge in [-0.15, -0.1) is 0 Å². The van der Waals surface area contributed by atoms with Gasteiger partial charge in [0.15, 0.2) is 0 Å². The molecule has 1 aromatic carbocycles. The lowest BCUT2D eigenvalue weighted by Gasteiger charge is -2.33. The average Bonchev–Trinajstić information content (AvgIpc) is 2.54. The second-order valence-corrected chi connectivity index (χ2v) is 7.69. The van der Waals surface area contributed by atoms with E-state index in [1.54, 1.807) is 6.92 Å². The molecule has 0 saturated carbocycles. The maximum absolute atomic E-state index is 12.5. The summed E-state index contributed by atoms with van der Waals surface area (Å²) in [5.41, 5.74) is 0.731. The molecule has 0 aliphatic carbocycles. The lowest BCUT2D eigenvalue weighted by Crippen LogP contribution is -2.47. The lowest BCUT2D eigenvalue weighted by molar-refractivity contribution is -0.143. The molecule has 0 spiro atoms. The van der Waals surface area contributed by atoms with Crippen molar-refractivity contribution >= 4 is 27.6 Å². The highest BCUT2D eigenvalue weighted by atomic mass is 32.2. The van der Waals surface area contributed by atoms with Gasteiger partial charge in [-0.3, -0.25) is 9.52 Å². The fourth-order valence-corrected chi connectivity index (χ4v) is 3.91. The molecular weight excluding hydrogens is 332 g/mol. The number of likely N-dealkylation sites (tertiary alicyclic amines) is 1. The van der Waals surface area contributed by atoms with E-state index in [-0.39, 0.29) is 11.7 Å². The van der Waals surface area contributed by atoms with E-state index in [2.05, 4.69) is 4.72 Å². The van der Waals surface area contributed by atoms with Crippen molar-refractivity contribution in [1.29, 1.82) is 0 Å². The number of nitrogens with one attached hydrogen (secondary N) is 1. The van der Waals surface area contributed by atoms with Crippen LogP contribution in [-0.2, 0) is 14.8 Å². The van der Waals surface area contributed by atoms with E-state index in [0.29, 0.717) is 30.6 Å². The minimum atomic E-state index is -3.38. The van der Waals surface area contributed by atoms with Gasteiger partial charge in [-0.25, -0.2) is 13.2 Å². The van der Waals surface area contributed by atoms with Crippen LogP contribution >= 0.6 is 0 Å². The molecule has 0 radical (unpaired) electrons. The molecule has 2 N–H and O–H groups in total. The van der Waals surface area contributed by atoms with Gasteiger partial charge in [-0.2, -0.15) is 0 Å². The number of hydrogen-bond acceptors (Lipinski definition) is 4. The quantitative estimate of drug-likeness (QED) is 0.812. The Bertz CT molecular complexity index is 700. The van der Waals surface area contributed by atoms with E-state index in [4.69, 9.17) is 0 Å². The van der Waals surface area contributed by atoms with Crippen molar-refractivity contribution in [3.05, 3.63) is 29.8 Å². The van der Waals surface area contributed by atoms with Gasteiger partial charge in [0.2, 0.25) is 10.0 Å². The number of benzene rings is 1. The van der Waals surface area contributed by atoms with E-state index in [9.17, 15) is 23.1 Å². The molecule has 1 aliphatic heterocycles. The number of rotatable bonds is 6. The SMILES string of the molecule is CCCS(=O)(=O)Nc1ccc(C(=O)N2CCCCC2C(=O)O)cc1. The topological polar surface area (TPSA) is 104 Å². The predicted molar refractivity (Wildman–Crippen MR) is 90.5 cm³/mol. The highest BCUT2D eigenvalue weighted by Crippen LogP contribution is 2.21. The van der Waals surface area contributed by atoms with Crippen LogP contribution in [0.15, 0.2) is 24.3 Å². The van der Waals surface area contributed by atoms with Crippen LogP contribution in [0.4, 0.5) is 5.69 Å². The number of aliphatic carboxylic acids is 1. The van der Waals surface area contributed by atoms with Crippen molar-refractivity contribution in [2.24, 2.45) is 0 Å². The number of nitrogens with zero attached hydrogens (tertiary/aromatic N) is 1. The molecule has 8 heteroatoms. The summed E-state index contributed by atoms with van der Waals surface area (Å²) in [4.78, 5) is 25.2. The number of hydrogen-bond donors (Lipinski definition) is 2. The van der Waals surface area contributed by atoms with Crippen molar-refractivity contribution in [2.45, 2.75) is 38.6 Å². The Morgan fingerprint density at radius 3 is 2.50 bits per heavy atom. The van der Waals surface area contributed by atoms with Crippen LogP contribution in [0.1, 0.15) is 43.0 Å². The van der Waals surface area contributed by atoms with Gasteiger partial charge in [0.05, 0.1) is 5.75 Å². The van der Waals surface area contributed by atoms with Crippen LogP contribution in [-0.4, -0.2) is 48.6 Å². The minimum absolute atomic E-state index is 0.0295. The van der Waals surface area contributed by atoms with Crippen molar-refractivity contribution in [3.63, 3.8) is 0 Å². The molecule has 1 amide bonds. The van der Waals surface area contributed by atoms with Gasteiger partial charge in [0.25, 0.3) is 5.91 Å². The largest absolute Gasteiger partial charge is 0.480 e. The molecule has 0 aromatic heterocycles. The second-order valence-electron chi connectivity index (χ2n) is 5.85. The fourth-order valence-electron chi connectivity index (χ4n) is 2.78. The number of piperidine rings is 1. The minimum Gasteiger partial charge on any atom is -0.480 e. The van der Waals surface area contributed by atoms with Gasteiger partial charge in [0, 0.05) is 17.8 Å². The van der Waals surface area contributed by atoms with Crippen molar-refractivity contribution in [3.8, 4) is 0 Å². The van der Waals surface area contributed by atoms with E-state index < -0.39 is 22.0 Å². The Morgan fingerprint density at radius 1 is 1.25 bits per heavy atom. The Hall–Kier alpha value is -2.09. The molecule has 2 rings (SSSR count). The normalized spacial score (nSPS) is 18.2. The third kappa shape index (κ3) is 4.47. The summed E-state index contributed by atoms with van der Waals surface area (Å²) in [6, 6.07) is 5.26. The van der Waals surface area contributed by atoms with Crippen LogP contribution in [0, 0.1) is 0 Å². The summed E-state index contributed by atoms with van der Waals surface area (Å²) in [6.07, 6.45) is 2.54. The number of carboxylic acid groups (broad SMARTS) is 1. The number of carbonyl (C=O) groups excluding carboxylic acids is 1. The highest BCUT2D eigenvalue weighted by molar-refractivity contribution is 7.92. The number of carbonyl (C=O) groups is 2. The third-order valence-corrected chi connectivity index (χ3v) is 5.42. The second kappa shape index (κ2) is 7.65. The van der Waals surface area contributed by atoms with Crippen LogP contribution in [0.2, 0.25) is 0 Å². The van der Waals surface area contributed by atoms with Crippen molar-refractivity contribution < 1.29 is 23.1 Å². The standard InChI is InChI=1S/C16H22N2O5S/c1-2-11-24(22,23)17-13-8-6-12(7-9-13)15(19)18-10-4-3-5-14(18)16(20)21/h6-9,14,17H,2-5,10-11H2,1H3,(H,20,21). The summed E-state index contributed by atoms with van der Waals surface area (Å²) in [7, 11) is -3.38. The van der Waals surface area contributed by atoms with Gasteiger partial charge in [0.1, 0.15) is 6.04 Å². The zero-order valence-corrected chi connectivity index (χ0v) is 14.4. The van der Waals surface area contributed by atoms with E-state index >= 15 is 0 Å². The third-order valence-electron chi connectivity index (χ3n) is 3.93. The summed E-state index contributed by atoms with van der Waals surface area (Å²) < 4.78 is 25.9. The first-order chi connectivity index (χ1) is 11.3. The van der Waals surface area contributed by atoms with Crippen molar-refractivity contribution in [1.82, 2.24) is 4.90 Å². The monoisotopic (exact) mass is 354 g/mol. The molecule has 24 heavy (non-hydrogen) atoms. The molecule has 0 bridgehead atoms. The Balaban J connectivity index is 2.12. The molecular formula is C16H22N2O5S. The zero-order valence-electron chi connectivity index (χ0n) is 13.6. The summed E-state index contributed by atoms with van der Waals surface area (Å²) in [5.74, 6) is -1.31. The number of sulfonamides is 1. The molecule has 1 unspecified atom stereocenters. The molecule has 132 valence electrons. The van der Waals surface area contributed by atoms with E-state index in [0.717, 1.165) is 12.8 Å². The highest BCUT2D eigenvalue weighted by Gasteiger charge is 2.32. The first kappa shape index (κ1) is 18.3. The van der Waals surface area contributed by atoms with Crippen LogP contribution in [0.25, 0.3) is 0 Å². The van der Waals surface area contributed by atoms with Gasteiger partial charge >= 0.3 is 5.97 Å². The maximum Gasteiger partial charge on any atom is 0.326 e. The average molecular weight is 354 g/mol. The number of anilines is 1. The zero-order chi connectivity index (χ0) is 17.7. The van der Waals surface area contributed by atoms with Gasteiger partial charge in [-0.05, 0) is 49.9 Å². The Morgan fingerprint density at radius 2 is 1.92 bits per heavy atom. The first-order valence-electron chi connectivity index (χ1n) is 7.98. The number of carboxylic acids is 1. The van der Waals surface area contributed by atoms with E-state index in [1.165, 1.54) is 29.2 Å². The Kier molecular flexibility index (Phi) is 5.82. The molecule has 1 fully saturated rings. The summed E-state index contributed by atoms with van der Waals surface area (Å²) >= 11 is 0. The molecule has 1 aromatic rings. The molecule has 1 heterocycles. The molecule has 7 nitrogen and oxygen atoms in total. The lowest BCUT2D eigenvalue weighted by atomic mass is 10.0. The van der Waals surface area contributed by atoms with Gasteiger partial charge in [-0.1, -0.05) is 6.92 Å². The predicted octanol–water partition coefficient (Wildman–Crippen LogP) is 1.92. The first-order valence-corrected chi connectivity index (χ1v) is 9.63. The summed E-state index contributed by atoms with van der Waals surface area (Å²) in [6.45, 7) is 2.19. The van der Waals surface area contributed by atoms with E-state index in [1.807, 2.05) is 0 Å². The maximum atomic E-state index is 12.5. The summed E-state index contributed by atoms with van der Waals surface area (Å²) in [5, 5.41) is 9.26. The molecule has 1 saturated heterocycles. The van der Waals surface area contributed by atoms with Crippen LogP contribution in [0.5, 0.6) is 0 Å². The Labute approximate surface area is 141 Å². The number of amides is 1. The molecule has 1 atom stereocenters. The van der Waals surface area contributed by atoms with Crippen molar-refractivity contribution in [2.75, 3.05) is 17.0 Å². The van der Waals surface area contributed by atoms with Crippen LogP contribution in [0.3, 0.4) is 0 Å².